The van der Waals surface area contributed by atoms with Gasteiger partial charge >= 0.3 is 0 Å². The zero-order valence-electron chi connectivity index (χ0n) is 4.69. The van der Waals surface area contributed by atoms with Crippen LogP contribution in [-0.2, 0) is 53.8 Å². The van der Waals surface area contributed by atoms with Crippen LogP contribution >= 0.6 is 0 Å². The molecule has 0 spiro atoms. The molecule has 1 radical (unpaired) electrons. The van der Waals surface area contributed by atoms with Gasteiger partial charge in [0.2, 0.25) is 0 Å². The Labute approximate surface area is 80.6 Å². The normalized spacial score (nSPS) is 3.00. The standard InChI is InChI=1S/C3H8.CH3.W.Y/c1-3-2;;;/h3H2,1-2H3;1H3;;/q;+1;;. The van der Waals surface area contributed by atoms with Crippen LogP contribution in [0.15, 0.2) is 0 Å². The van der Waals surface area contributed by atoms with E-state index in [-0.39, 0.29) is 61.2 Å². The van der Waals surface area contributed by atoms with Gasteiger partial charge < -0.3 is 0 Å². The predicted octanol–water partition coefficient (Wildman–Crippen LogP) is 1.86. The van der Waals surface area contributed by atoms with Gasteiger partial charge in [0.25, 0.3) is 0 Å². The Balaban J connectivity index is -0.00000000667. The van der Waals surface area contributed by atoms with Crippen LogP contribution in [-0.4, -0.2) is 0 Å². The van der Waals surface area contributed by atoms with Crippen molar-refractivity contribution < 1.29 is 53.8 Å². The molecule has 0 bridgehead atoms. The van der Waals surface area contributed by atoms with Crippen LogP contribution in [0.2, 0.25) is 0 Å². The van der Waals surface area contributed by atoms with E-state index >= 15 is 0 Å². The van der Waals surface area contributed by atoms with Crippen LogP contribution < -0.4 is 0 Å². The molecule has 0 nitrogen and oxygen atoms in total. The Hall–Kier alpha value is 1.66. The maximum atomic E-state index is 2.12. The largest absolute Gasteiger partial charge is 0.0656 e. The van der Waals surface area contributed by atoms with Crippen LogP contribution in [0.5, 0.6) is 0 Å². The molecule has 0 saturated carbocycles. The van der Waals surface area contributed by atoms with Gasteiger partial charge in [0.15, 0.2) is 0 Å². The molecule has 0 aromatic rings. The first kappa shape index (κ1) is 25.4. The Morgan fingerprint density at radius 2 is 1.17 bits per heavy atom. The van der Waals surface area contributed by atoms with Gasteiger partial charge in [-0.15, -0.1) is 0 Å². The van der Waals surface area contributed by atoms with Crippen molar-refractivity contribution in [1.82, 2.24) is 0 Å². The zero-order chi connectivity index (χ0) is 2.71. The Morgan fingerprint density at radius 1 is 1.17 bits per heavy atom. The summed E-state index contributed by atoms with van der Waals surface area (Å²) in [5.74, 6) is 0. The van der Waals surface area contributed by atoms with Gasteiger partial charge in [-0.05, 0) is 0 Å². The molecule has 0 aromatic carbocycles. The molecular weight excluding hydrogens is 321 g/mol. The summed E-state index contributed by atoms with van der Waals surface area (Å²) in [5, 5.41) is 0. The molecule has 0 N–H and O–H groups in total. The maximum Gasteiger partial charge on any atom is 0.0467 e. The summed E-state index contributed by atoms with van der Waals surface area (Å²) in [6.45, 7) is 4.25. The minimum Gasteiger partial charge on any atom is -0.0656 e. The molecule has 0 aromatic heterocycles. The molecule has 0 atom stereocenters. The third-order valence-electron chi connectivity index (χ3n) is 0. The first-order valence-electron chi connectivity index (χ1n) is 1.41. The van der Waals surface area contributed by atoms with Gasteiger partial charge in [-0.2, -0.15) is 0 Å². The molecule has 0 rings (SSSR count). The van der Waals surface area contributed by atoms with Crippen molar-refractivity contribution in [2.75, 3.05) is 0 Å². The summed E-state index contributed by atoms with van der Waals surface area (Å²) in [6, 6.07) is 0. The van der Waals surface area contributed by atoms with Crippen molar-refractivity contribution in [2.45, 2.75) is 20.3 Å². The monoisotopic (exact) mass is 332 g/mol. The second-order valence-electron chi connectivity index (χ2n) is 0.707. The molecule has 6 heavy (non-hydrogen) atoms. The van der Waals surface area contributed by atoms with E-state index in [1.807, 2.05) is 0 Å². The molecule has 0 unspecified atom stereocenters. The van der Waals surface area contributed by atoms with E-state index in [0.717, 1.165) is 0 Å². The second-order valence-corrected chi connectivity index (χ2v) is 0.707. The molecule has 0 aliphatic heterocycles. The first-order chi connectivity index (χ1) is 1.41. The summed E-state index contributed by atoms with van der Waals surface area (Å²) < 4.78 is 0. The van der Waals surface area contributed by atoms with Gasteiger partial charge in [-0.1, -0.05) is 20.3 Å². The van der Waals surface area contributed by atoms with E-state index in [1.165, 1.54) is 6.42 Å². The fourth-order valence-corrected chi connectivity index (χ4v) is 0. The van der Waals surface area contributed by atoms with Crippen molar-refractivity contribution in [3.05, 3.63) is 7.43 Å². The van der Waals surface area contributed by atoms with Crippen molar-refractivity contribution in [3.8, 4) is 0 Å². The smallest absolute Gasteiger partial charge is 0.0467 e. The minimum absolute atomic E-state index is 0. The molecule has 0 saturated heterocycles. The van der Waals surface area contributed by atoms with Gasteiger partial charge in [0, 0.05) is 61.2 Å². The third-order valence-corrected chi connectivity index (χ3v) is 0. The molecule has 0 fully saturated rings. The van der Waals surface area contributed by atoms with Gasteiger partial charge in [0.05, 0.1) is 0 Å². The summed E-state index contributed by atoms with van der Waals surface area (Å²) >= 11 is 0. The molecule has 0 aliphatic carbocycles. The predicted molar refractivity (Wildman–Crippen MR) is 22.4 cm³/mol. The second kappa shape index (κ2) is 30.1. The van der Waals surface area contributed by atoms with Crippen LogP contribution in [0.1, 0.15) is 20.3 Å². The fourth-order valence-electron chi connectivity index (χ4n) is 0. The fraction of sp³-hybridized carbons (Fsp3) is 0.750. The van der Waals surface area contributed by atoms with Crippen LogP contribution in [0.3, 0.4) is 0 Å². The molecule has 35 valence electrons. The van der Waals surface area contributed by atoms with E-state index in [4.69, 9.17) is 0 Å². The number of hydrogen-bond acceptors (Lipinski definition) is 0. The molecule has 2 heteroatoms. The summed E-state index contributed by atoms with van der Waals surface area (Å²) in [4.78, 5) is 0. The van der Waals surface area contributed by atoms with Gasteiger partial charge in [-0.3, -0.25) is 0 Å². The topological polar surface area (TPSA) is 0 Å². The Morgan fingerprint density at radius 3 is 1.17 bits per heavy atom. The first-order valence-corrected chi connectivity index (χ1v) is 1.41. The minimum atomic E-state index is 0. The van der Waals surface area contributed by atoms with E-state index in [0.29, 0.717) is 0 Å². The van der Waals surface area contributed by atoms with Crippen molar-refractivity contribution >= 4 is 0 Å². The summed E-state index contributed by atoms with van der Waals surface area (Å²) in [5.41, 5.74) is 0. The number of rotatable bonds is 0. The van der Waals surface area contributed by atoms with Crippen LogP contribution in [0.4, 0.5) is 0 Å². The van der Waals surface area contributed by atoms with Crippen LogP contribution in [0.25, 0.3) is 0 Å². The SMILES string of the molecule is CCC.[CH3+].[W].[Y]. The van der Waals surface area contributed by atoms with Crippen molar-refractivity contribution in [3.63, 3.8) is 0 Å². The summed E-state index contributed by atoms with van der Waals surface area (Å²) in [7, 11) is 0. The Bertz CT molecular complexity index is 7.51. The van der Waals surface area contributed by atoms with Gasteiger partial charge in [0.1, 0.15) is 0 Å². The quantitative estimate of drug-likeness (QED) is 0.594. The van der Waals surface area contributed by atoms with E-state index in [2.05, 4.69) is 13.8 Å². The molecule has 0 amide bonds. The average Bonchev–Trinajstić information content (AvgIpc) is 0.918. The molecule has 0 aliphatic rings. The molecule has 0 heterocycles. The van der Waals surface area contributed by atoms with E-state index in [1.54, 1.807) is 0 Å². The van der Waals surface area contributed by atoms with Crippen molar-refractivity contribution in [2.24, 2.45) is 0 Å². The molecular formula is C4H11WY+. The number of hydrogen-bond donors (Lipinski definition) is 0. The van der Waals surface area contributed by atoms with E-state index < -0.39 is 0 Å². The van der Waals surface area contributed by atoms with Crippen LogP contribution in [0, 0.1) is 7.43 Å². The summed E-state index contributed by atoms with van der Waals surface area (Å²) in [6.07, 6.45) is 1.25. The zero-order valence-corrected chi connectivity index (χ0v) is 10.5. The average molecular weight is 332 g/mol. The Kier molecular flexibility index (Phi) is 127. The van der Waals surface area contributed by atoms with E-state index in [9.17, 15) is 0 Å². The maximum absolute atomic E-state index is 2.12. The third kappa shape index (κ3) is 44.5. The van der Waals surface area contributed by atoms with Crippen molar-refractivity contribution in [1.29, 1.82) is 0 Å². The van der Waals surface area contributed by atoms with Gasteiger partial charge in [-0.25, -0.2) is 0 Å².